The first-order valence-corrected chi connectivity index (χ1v) is 6.09. The zero-order valence-electron chi connectivity index (χ0n) is 10.7. The highest BCUT2D eigenvalue weighted by Gasteiger charge is 2.35. The molecule has 0 radical (unpaired) electrons. The lowest BCUT2D eigenvalue weighted by Gasteiger charge is -2.39. The first kappa shape index (κ1) is 12.1. The Morgan fingerprint density at radius 3 is 2.82 bits per heavy atom. The molecular formula is C12H20N4O. The summed E-state index contributed by atoms with van der Waals surface area (Å²) in [7, 11) is 1.91. The van der Waals surface area contributed by atoms with E-state index in [2.05, 4.69) is 5.10 Å². The minimum absolute atomic E-state index is 0.00977. The lowest BCUT2D eigenvalue weighted by atomic mass is 9.91. The van der Waals surface area contributed by atoms with E-state index >= 15 is 0 Å². The van der Waals surface area contributed by atoms with Crippen molar-refractivity contribution in [1.29, 1.82) is 0 Å². The fourth-order valence-electron chi connectivity index (χ4n) is 2.56. The number of aryl methyl sites for hydroxylation is 1. The molecule has 1 saturated heterocycles. The van der Waals surface area contributed by atoms with Crippen LogP contribution in [0, 0.1) is 6.92 Å². The van der Waals surface area contributed by atoms with Gasteiger partial charge in [0.25, 0.3) is 0 Å². The van der Waals surface area contributed by atoms with Crippen LogP contribution in [0.4, 0.5) is 0 Å². The molecule has 1 aliphatic heterocycles. The second-order valence-corrected chi connectivity index (χ2v) is 4.64. The zero-order chi connectivity index (χ0) is 12.6. The molecule has 5 heteroatoms. The van der Waals surface area contributed by atoms with Crippen molar-refractivity contribution in [2.45, 2.75) is 38.8 Å². The van der Waals surface area contributed by atoms with E-state index in [1.807, 2.05) is 36.7 Å². The second-order valence-electron chi connectivity index (χ2n) is 4.64. The van der Waals surface area contributed by atoms with Gasteiger partial charge in [-0.05, 0) is 20.3 Å². The number of hydrogen-bond donors (Lipinski definition) is 1. The molecule has 94 valence electrons. The van der Waals surface area contributed by atoms with E-state index in [0.29, 0.717) is 13.0 Å². The van der Waals surface area contributed by atoms with Crippen LogP contribution >= 0.6 is 0 Å². The summed E-state index contributed by atoms with van der Waals surface area (Å²) in [4.78, 5) is 13.8. The van der Waals surface area contributed by atoms with Crippen molar-refractivity contribution < 1.29 is 4.79 Å². The quantitative estimate of drug-likeness (QED) is 0.823. The summed E-state index contributed by atoms with van der Waals surface area (Å²) < 4.78 is 1.83. The van der Waals surface area contributed by atoms with E-state index in [-0.39, 0.29) is 18.0 Å². The van der Waals surface area contributed by atoms with Crippen LogP contribution in [0.2, 0.25) is 0 Å². The molecule has 2 unspecified atom stereocenters. The smallest absolute Gasteiger partial charge is 0.223 e. The molecular weight excluding hydrogens is 216 g/mol. The number of carbonyl (C=O) groups is 1. The van der Waals surface area contributed by atoms with Crippen molar-refractivity contribution >= 4 is 5.91 Å². The molecule has 0 spiro atoms. The molecule has 2 N–H and O–H groups in total. The fourth-order valence-corrected chi connectivity index (χ4v) is 2.56. The first-order chi connectivity index (χ1) is 8.06. The summed E-state index contributed by atoms with van der Waals surface area (Å²) in [6, 6.07) is -0.00880. The predicted octanol–water partition coefficient (Wildman–Crippen LogP) is 0.739. The monoisotopic (exact) mass is 236 g/mol. The summed E-state index contributed by atoms with van der Waals surface area (Å²) in [6.07, 6.45) is 3.15. The number of likely N-dealkylation sites (N-methyl/N-ethyl adjacent to an activating group) is 1. The number of likely N-dealkylation sites (tertiary alicyclic amines) is 1. The maximum atomic E-state index is 11.9. The topological polar surface area (TPSA) is 64.2 Å². The Morgan fingerprint density at radius 1 is 1.59 bits per heavy atom. The Hall–Kier alpha value is -1.36. The molecule has 1 amide bonds. The van der Waals surface area contributed by atoms with Gasteiger partial charge in [0, 0.05) is 37.3 Å². The Kier molecular flexibility index (Phi) is 3.19. The third kappa shape index (κ3) is 1.95. The number of hydrogen-bond acceptors (Lipinski definition) is 3. The largest absolute Gasteiger partial charge is 0.334 e. The summed E-state index contributed by atoms with van der Waals surface area (Å²) >= 11 is 0. The lowest BCUT2D eigenvalue weighted by Crippen LogP contribution is -2.48. The third-order valence-corrected chi connectivity index (χ3v) is 3.69. The van der Waals surface area contributed by atoms with Crippen LogP contribution in [-0.4, -0.2) is 33.2 Å². The number of nitrogens with two attached hydrogens (primary N) is 1. The molecule has 1 fully saturated rings. The lowest BCUT2D eigenvalue weighted by molar-refractivity contribution is -0.137. The van der Waals surface area contributed by atoms with Crippen LogP contribution in [0.3, 0.4) is 0 Å². The summed E-state index contributed by atoms with van der Waals surface area (Å²) in [5.41, 5.74) is 8.35. The average molecular weight is 236 g/mol. The first-order valence-electron chi connectivity index (χ1n) is 6.09. The SMILES string of the molecule is CCN1C(=O)CCC(N)C1c1cnn(C)c1C. The Bertz CT molecular complexity index is 426. The normalized spacial score (nSPS) is 25.4. The molecule has 1 aliphatic rings. The summed E-state index contributed by atoms with van der Waals surface area (Å²) in [6.45, 7) is 4.71. The van der Waals surface area contributed by atoms with Crippen molar-refractivity contribution in [2.24, 2.45) is 12.8 Å². The van der Waals surface area contributed by atoms with Crippen LogP contribution in [0.1, 0.15) is 37.1 Å². The van der Waals surface area contributed by atoms with Crippen LogP contribution < -0.4 is 5.73 Å². The van der Waals surface area contributed by atoms with Gasteiger partial charge < -0.3 is 10.6 Å². The van der Waals surface area contributed by atoms with Gasteiger partial charge in [0.1, 0.15) is 0 Å². The molecule has 2 atom stereocenters. The van der Waals surface area contributed by atoms with Gasteiger partial charge in [0.15, 0.2) is 0 Å². The van der Waals surface area contributed by atoms with Crippen molar-refractivity contribution in [2.75, 3.05) is 6.54 Å². The highest BCUT2D eigenvalue weighted by molar-refractivity contribution is 5.78. The van der Waals surface area contributed by atoms with Crippen LogP contribution in [0.5, 0.6) is 0 Å². The van der Waals surface area contributed by atoms with Gasteiger partial charge in [-0.3, -0.25) is 9.48 Å². The molecule has 0 aliphatic carbocycles. The van der Waals surface area contributed by atoms with E-state index in [0.717, 1.165) is 17.7 Å². The van der Waals surface area contributed by atoms with Crippen LogP contribution in [0.25, 0.3) is 0 Å². The Labute approximate surface area is 102 Å². The molecule has 0 saturated carbocycles. The minimum Gasteiger partial charge on any atom is -0.334 e. The molecule has 1 aromatic heterocycles. The fraction of sp³-hybridized carbons (Fsp3) is 0.667. The van der Waals surface area contributed by atoms with Gasteiger partial charge in [0.2, 0.25) is 5.91 Å². The molecule has 2 heterocycles. The molecule has 0 aromatic carbocycles. The van der Waals surface area contributed by atoms with Gasteiger partial charge in [0.05, 0.1) is 12.2 Å². The number of amides is 1. The second kappa shape index (κ2) is 4.49. The van der Waals surface area contributed by atoms with E-state index in [4.69, 9.17) is 5.73 Å². The molecule has 1 aromatic rings. The van der Waals surface area contributed by atoms with E-state index in [1.54, 1.807) is 0 Å². The standard InChI is InChI=1S/C12H20N4O/c1-4-16-11(17)6-5-10(13)12(16)9-7-14-15(3)8(9)2/h7,10,12H,4-6,13H2,1-3H3. The Morgan fingerprint density at radius 2 is 2.29 bits per heavy atom. The number of nitrogens with zero attached hydrogens (tertiary/aromatic N) is 3. The van der Waals surface area contributed by atoms with Gasteiger partial charge in [-0.15, -0.1) is 0 Å². The Balaban J connectivity index is 2.39. The number of aromatic nitrogens is 2. The van der Waals surface area contributed by atoms with Gasteiger partial charge in [-0.1, -0.05) is 0 Å². The van der Waals surface area contributed by atoms with Gasteiger partial charge in [-0.25, -0.2) is 0 Å². The number of carbonyl (C=O) groups excluding carboxylic acids is 1. The summed E-state index contributed by atoms with van der Waals surface area (Å²) in [5, 5.41) is 4.24. The summed E-state index contributed by atoms with van der Waals surface area (Å²) in [5.74, 6) is 0.197. The van der Waals surface area contributed by atoms with Crippen molar-refractivity contribution in [3.63, 3.8) is 0 Å². The zero-order valence-corrected chi connectivity index (χ0v) is 10.7. The predicted molar refractivity (Wildman–Crippen MR) is 65.3 cm³/mol. The van der Waals surface area contributed by atoms with E-state index < -0.39 is 0 Å². The van der Waals surface area contributed by atoms with Gasteiger partial charge in [-0.2, -0.15) is 5.10 Å². The van der Waals surface area contributed by atoms with Crippen LogP contribution in [-0.2, 0) is 11.8 Å². The van der Waals surface area contributed by atoms with E-state index in [1.165, 1.54) is 0 Å². The number of piperidine rings is 1. The maximum absolute atomic E-state index is 11.9. The van der Waals surface area contributed by atoms with E-state index in [9.17, 15) is 4.79 Å². The molecule has 17 heavy (non-hydrogen) atoms. The third-order valence-electron chi connectivity index (χ3n) is 3.69. The van der Waals surface area contributed by atoms with Crippen LogP contribution in [0.15, 0.2) is 6.20 Å². The average Bonchev–Trinajstić information content (AvgIpc) is 2.63. The van der Waals surface area contributed by atoms with Crippen molar-refractivity contribution in [3.05, 3.63) is 17.5 Å². The van der Waals surface area contributed by atoms with Crippen molar-refractivity contribution in [1.82, 2.24) is 14.7 Å². The van der Waals surface area contributed by atoms with Crippen molar-refractivity contribution in [3.8, 4) is 0 Å². The van der Waals surface area contributed by atoms with Gasteiger partial charge >= 0.3 is 0 Å². The molecule has 2 rings (SSSR count). The molecule has 5 nitrogen and oxygen atoms in total. The highest BCUT2D eigenvalue weighted by Crippen LogP contribution is 2.32. The number of rotatable bonds is 2. The highest BCUT2D eigenvalue weighted by atomic mass is 16.2. The maximum Gasteiger partial charge on any atom is 0.223 e. The molecule has 0 bridgehead atoms. The minimum atomic E-state index is -0.0186.